The van der Waals surface area contributed by atoms with E-state index in [9.17, 15) is 5.11 Å². The summed E-state index contributed by atoms with van der Waals surface area (Å²) >= 11 is 0. The SMILES string of the molecule is CCCC(C)C(O)c1cc2ccccc2o1. The molecule has 2 unspecified atom stereocenters. The van der Waals surface area contributed by atoms with Gasteiger partial charge >= 0.3 is 0 Å². The van der Waals surface area contributed by atoms with Gasteiger partial charge in [0.25, 0.3) is 0 Å². The summed E-state index contributed by atoms with van der Waals surface area (Å²) in [5.74, 6) is 0.924. The van der Waals surface area contributed by atoms with E-state index in [4.69, 9.17) is 4.42 Å². The fourth-order valence-electron chi connectivity index (χ4n) is 2.04. The molecule has 2 heteroatoms. The molecular weight excluding hydrogens is 200 g/mol. The summed E-state index contributed by atoms with van der Waals surface area (Å²) in [6, 6.07) is 9.78. The normalized spacial score (nSPS) is 15.2. The molecule has 16 heavy (non-hydrogen) atoms. The van der Waals surface area contributed by atoms with Crippen LogP contribution in [0.2, 0.25) is 0 Å². The Balaban J connectivity index is 2.26. The summed E-state index contributed by atoms with van der Waals surface area (Å²) in [5.41, 5.74) is 0.847. The van der Waals surface area contributed by atoms with Gasteiger partial charge in [-0.1, -0.05) is 38.5 Å². The fourth-order valence-corrected chi connectivity index (χ4v) is 2.04. The molecule has 2 aromatic rings. The van der Waals surface area contributed by atoms with E-state index < -0.39 is 6.10 Å². The molecule has 0 bridgehead atoms. The van der Waals surface area contributed by atoms with E-state index in [1.807, 2.05) is 30.3 Å². The van der Waals surface area contributed by atoms with E-state index >= 15 is 0 Å². The Hall–Kier alpha value is -1.28. The maximum Gasteiger partial charge on any atom is 0.134 e. The van der Waals surface area contributed by atoms with Crippen LogP contribution in [0.25, 0.3) is 11.0 Å². The van der Waals surface area contributed by atoms with E-state index in [1.165, 1.54) is 0 Å². The summed E-state index contributed by atoms with van der Waals surface area (Å²) in [6.07, 6.45) is 1.60. The van der Waals surface area contributed by atoms with Gasteiger partial charge in [-0.2, -0.15) is 0 Å². The van der Waals surface area contributed by atoms with Crippen molar-refractivity contribution in [2.75, 3.05) is 0 Å². The zero-order chi connectivity index (χ0) is 11.5. The summed E-state index contributed by atoms with van der Waals surface area (Å²) in [5, 5.41) is 11.2. The van der Waals surface area contributed by atoms with Gasteiger partial charge in [-0.25, -0.2) is 0 Å². The van der Waals surface area contributed by atoms with Crippen LogP contribution in [0.3, 0.4) is 0 Å². The van der Waals surface area contributed by atoms with Gasteiger partial charge in [0.1, 0.15) is 17.4 Å². The quantitative estimate of drug-likeness (QED) is 0.844. The Morgan fingerprint density at radius 3 is 2.75 bits per heavy atom. The molecule has 0 saturated carbocycles. The van der Waals surface area contributed by atoms with Gasteiger partial charge in [0.05, 0.1) is 0 Å². The Morgan fingerprint density at radius 2 is 2.06 bits per heavy atom. The Labute approximate surface area is 95.9 Å². The number of hydrogen-bond donors (Lipinski definition) is 1. The number of fused-ring (bicyclic) bond motifs is 1. The van der Waals surface area contributed by atoms with Crippen molar-refractivity contribution < 1.29 is 9.52 Å². The summed E-state index contributed by atoms with van der Waals surface area (Å²) in [6.45, 7) is 4.18. The first-order chi connectivity index (χ1) is 7.72. The third-order valence-corrected chi connectivity index (χ3v) is 3.02. The molecule has 1 heterocycles. The number of rotatable bonds is 4. The number of aliphatic hydroxyl groups excluding tert-OH is 1. The predicted molar refractivity (Wildman–Crippen MR) is 65.2 cm³/mol. The predicted octanol–water partition coefficient (Wildman–Crippen LogP) is 3.90. The van der Waals surface area contributed by atoms with Gasteiger partial charge in [-0.3, -0.25) is 0 Å². The van der Waals surface area contributed by atoms with Crippen molar-refractivity contribution in [2.45, 2.75) is 32.8 Å². The van der Waals surface area contributed by atoms with E-state index in [-0.39, 0.29) is 5.92 Å². The number of aliphatic hydroxyl groups is 1. The van der Waals surface area contributed by atoms with Gasteiger partial charge in [0.15, 0.2) is 0 Å². The molecule has 0 spiro atoms. The van der Waals surface area contributed by atoms with Gasteiger partial charge in [-0.05, 0) is 24.5 Å². The zero-order valence-electron chi connectivity index (χ0n) is 9.81. The highest BCUT2D eigenvalue weighted by Gasteiger charge is 2.19. The molecular formula is C14H18O2. The Morgan fingerprint density at radius 1 is 1.31 bits per heavy atom. The summed E-state index contributed by atoms with van der Waals surface area (Å²) < 4.78 is 5.65. The Kier molecular flexibility index (Phi) is 3.30. The lowest BCUT2D eigenvalue weighted by atomic mass is 9.97. The van der Waals surface area contributed by atoms with Crippen molar-refractivity contribution in [3.63, 3.8) is 0 Å². The average Bonchev–Trinajstić information content (AvgIpc) is 2.71. The average molecular weight is 218 g/mol. The van der Waals surface area contributed by atoms with Gasteiger partial charge in [0.2, 0.25) is 0 Å². The third-order valence-electron chi connectivity index (χ3n) is 3.02. The first-order valence-electron chi connectivity index (χ1n) is 5.89. The molecule has 2 rings (SSSR count). The molecule has 0 aliphatic carbocycles. The molecule has 1 aromatic carbocycles. The maximum absolute atomic E-state index is 10.1. The standard InChI is InChI=1S/C14H18O2/c1-3-6-10(2)14(15)13-9-11-7-4-5-8-12(11)16-13/h4-5,7-10,14-15H,3,6H2,1-2H3. The van der Waals surface area contributed by atoms with Gasteiger partial charge < -0.3 is 9.52 Å². The van der Waals surface area contributed by atoms with Crippen molar-refractivity contribution in [1.82, 2.24) is 0 Å². The van der Waals surface area contributed by atoms with Gasteiger partial charge in [0, 0.05) is 5.39 Å². The molecule has 0 aliphatic rings. The number of para-hydroxylation sites is 1. The van der Waals surface area contributed by atoms with E-state index in [0.29, 0.717) is 5.76 Å². The van der Waals surface area contributed by atoms with E-state index in [0.717, 1.165) is 23.8 Å². The fraction of sp³-hybridized carbons (Fsp3) is 0.429. The Bertz CT molecular complexity index is 425. The first kappa shape index (κ1) is 11.2. The molecule has 0 aliphatic heterocycles. The monoisotopic (exact) mass is 218 g/mol. The third kappa shape index (κ3) is 2.12. The molecule has 1 N–H and O–H groups in total. The summed E-state index contributed by atoms with van der Waals surface area (Å²) in [7, 11) is 0. The van der Waals surface area contributed by atoms with Crippen LogP contribution in [0, 0.1) is 5.92 Å². The lowest BCUT2D eigenvalue weighted by Crippen LogP contribution is -2.07. The number of hydrogen-bond acceptors (Lipinski definition) is 2. The molecule has 0 fully saturated rings. The minimum Gasteiger partial charge on any atom is -0.458 e. The second-order valence-corrected chi connectivity index (χ2v) is 4.40. The molecule has 0 saturated heterocycles. The largest absolute Gasteiger partial charge is 0.458 e. The highest BCUT2D eigenvalue weighted by atomic mass is 16.4. The molecule has 0 radical (unpaired) electrons. The number of furan rings is 1. The highest BCUT2D eigenvalue weighted by Crippen LogP contribution is 2.29. The molecule has 2 nitrogen and oxygen atoms in total. The van der Waals surface area contributed by atoms with Crippen LogP contribution in [0.15, 0.2) is 34.7 Å². The van der Waals surface area contributed by atoms with Crippen molar-refractivity contribution in [2.24, 2.45) is 5.92 Å². The van der Waals surface area contributed by atoms with Crippen molar-refractivity contribution in [3.05, 3.63) is 36.1 Å². The van der Waals surface area contributed by atoms with Crippen LogP contribution in [0.4, 0.5) is 0 Å². The highest BCUT2D eigenvalue weighted by molar-refractivity contribution is 5.77. The molecule has 86 valence electrons. The van der Waals surface area contributed by atoms with Crippen LogP contribution >= 0.6 is 0 Å². The topological polar surface area (TPSA) is 33.4 Å². The smallest absolute Gasteiger partial charge is 0.134 e. The van der Waals surface area contributed by atoms with Crippen LogP contribution in [-0.4, -0.2) is 5.11 Å². The molecule has 2 atom stereocenters. The van der Waals surface area contributed by atoms with Crippen LogP contribution in [0.1, 0.15) is 38.6 Å². The number of benzene rings is 1. The first-order valence-corrected chi connectivity index (χ1v) is 5.89. The van der Waals surface area contributed by atoms with Crippen LogP contribution < -0.4 is 0 Å². The summed E-state index contributed by atoms with van der Waals surface area (Å²) in [4.78, 5) is 0. The van der Waals surface area contributed by atoms with E-state index in [1.54, 1.807) is 0 Å². The van der Waals surface area contributed by atoms with Gasteiger partial charge in [-0.15, -0.1) is 0 Å². The van der Waals surface area contributed by atoms with Crippen molar-refractivity contribution in [1.29, 1.82) is 0 Å². The van der Waals surface area contributed by atoms with E-state index in [2.05, 4.69) is 13.8 Å². The zero-order valence-corrected chi connectivity index (χ0v) is 9.81. The lowest BCUT2D eigenvalue weighted by molar-refractivity contribution is 0.0913. The molecule has 0 amide bonds. The minimum atomic E-state index is -0.493. The maximum atomic E-state index is 10.1. The molecule has 1 aromatic heterocycles. The lowest BCUT2D eigenvalue weighted by Gasteiger charge is -2.15. The van der Waals surface area contributed by atoms with Crippen molar-refractivity contribution in [3.8, 4) is 0 Å². The van der Waals surface area contributed by atoms with Crippen LogP contribution in [-0.2, 0) is 0 Å². The second-order valence-electron chi connectivity index (χ2n) is 4.40. The van der Waals surface area contributed by atoms with Crippen LogP contribution in [0.5, 0.6) is 0 Å². The minimum absolute atomic E-state index is 0.241. The van der Waals surface area contributed by atoms with Crippen molar-refractivity contribution >= 4 is 11.0 Å². The second kappa shape index (κ2) is 4.71.